The summed E-state index contributed by atoms with van der Waals surface area (Å²) < 4.78 is 0. The van der Waals surface area contributed by atoms with Gasteiger partial charge in [0, 0.05) is 13.1 Å². The monoisotopic (exact) mass is 244 g/mol. The maximum atomic E-state index is 10.7. The molecular formula is C13H28N2O2. The van der Waals surface area contributed by atoms with Crippen LogP contribution in [0.3, 0.4) is 0 Å². The van der Waals surface area contributed by atoms with Crippen LogP contribution in [0.2, 0.25) is 0 Å². The van der Waals surface area contributed by atoms with Crippen LogP contribution in [0, 0.1) is 0 Å². The van der Waals surface area contributed by atoms with Gasteiger partial charge in [-0.2, -0.15) is 0 Å². The Labute approximate surface area is 106 Å². The molecule has 17 heavy (non-hydrogen) atoms. The SMILES string of the molecule is CCCN(CCC)CCN(CCC)CC(=O)O. The molecule has 0 atom stereocenters. The van der Waals surface area contributed by atoms with E-state index in [0.717, 1.165) is 52.0 Å². The molecule has 0 aliphatic heterocycles. The van der Waals surface area contributed by atoms with E-state index in [4.69, 9.17) is 5.11 Å². The smallest absolute Gasteiger partial charge is 0.317 e. The molecule has 0 spiro atoms. The summed E-state index contributed by atoms with van der Waals surface area (Å²) in [6.45, 7) is 11.6. The second kappa shape index (κ2) is 10.5. The lowest BCUT2D eigenvalue weighted by Gasteiger charge is -2.26. The van der Waals surface area contributed by atoms with Gasteiger partial charge in [0.05, 0.1) is 6.54 Å². The van der Waals surface area contributed by atoms with Gasteiger partial charge < -0.3 is 10.0 Å². The maximum Gasteiger partial charge on any atom is 0.317 e. The fourth-order valence-corrected chi connectivity index (χ4v) is 2.03. The van der Waals surface area contributed by atoms with Crippen molar-refractivity contribution in [2.75, 3.05) is 39.3 Å². The molecule has 0 fully saturated rings. The van der Waals surface area contributed by atoms with E-state index in [-0.39, 0.29) is 6.54 Å². The summed E-state index contributed by atoms with van der Waals surface area (Å²) >= 11 is 0. The second-order valence-electron chi connectivity index (χ2n) is 4.51. The zero-order chi connectivity index (χ0) is 13.1. The van der Waals surface area contributed by atoms with Gasteiger partial charge in [0.2, 0.25) is 0 Å². The number of rotatable bonds is 11. The molecule has 0 saturated heterocycles. The van der Waals surface area contributed by atoms with Crippen LogP contribution in [0.5, 0.6) is 0 Å². The van der Waals surface area contributed by atoms with Crippen LogP contribution in [-0.2, 0) is 4.79 Å². The first-order valence-corrected chi connectivity index (χ1v) is 6.80. The third-order valence-corrected chi connectivity index (χ3v) is 2.71. The number of nitrogens with zero attached hydrogens (tertiary/aromatic N) is 2. The van der Waals surface area contributed by atoms with Crippen molar-refractivity contribution < 1.29 is 9.90 Å². The predicted molar refractivity (Wildman–Crippen MR) is 71.4 cm³/mol. The molecular weight excluding hydrogens is 216 g/mol. The minimum atomic E-state index is -0.726. The summed E-state index contributed by atoms with van der Waals surface area (Å²) in [4.78, 5) is 15.2. The van der Waals surface area contributed by atoms with E-state index in [2.05, 4.69) is 25.7 Å². The summed E-state index contributed by atoms with van der Waals surface area (Å²) in [7, 11) is 0. The van der Waals surface area contributed by atoms with E-state index in [1.165, 1.54) is 0 Å². The van der Waals surface area contributed by atoms with Gasteiger partial charge in [-0.15, -0.1) is 0 Å². The van der Waals surface area contributed by atoms with Crippen LogP contribution in [0.15, 0.2) is 0 Å². The number of hydrogen-bond donors (Lipinski definition) is 1. The molecule has 0 aromatic heterocycles. The molecule has 102 valence electrons. The topological polar surface area (TPSA) is 43.8 Å². The van der Waals surface area contributed by atoms with Crippen LogP contribution in [0.1, 0.15) is 40.0 Å². The molecule has 0 aliphatic carbocycles. The number of carboxylic acids is 1. The number of carboxylic acid groups (broad SMARTS) is 1. The Morgan fingerprint density at radius 2 is 1.24 bits per heavy atom. The van der Waals surface area contributed by atoms with Crippen LogP contribution in [0.25, 0.3) is 0 Å². The van der Waals surface area contributed by atoms with Crippen LogP contribution in [-0.4, -0.2) is 60.1 Å². The standard InChI is InChI=1S/C13H28N2O2/c1-4-7-14(8-5-2)10-11-15(9-6-3)12-13(16)17/h4-12H2,1-3H3,(H,16,17). The van der Waals surface area contributed by atoms with Crippen LogP contribution < -0.4 is 0 Å². The van der Waals surface area contributed by atoms with E-state index in [0.29, 0.717) is 0 Å². The molecule has 0 aliphatic rings. The average Bonchev–Trinajstić information content (AvgIpc) is 2.26. The zero-order valence-corrected chi connectivity index (χ0v) is 11.6. The average molecular weight is 244 g/mol. The van der Waals surface area contributed by atoms with E-state index >= 15 is 0 Å². The first-order chi connectivity index (χ1) is 8.13. The van der Waals surface area contributed by atoms with Crippen LogP contribution in [0.4, 0.5) is 0 Å². The van der Waals surface area contributed by atoms with E-state index < -0.39 is 5.97 Å². The number of carbonyl (C=O) groups is 1. The van der Waals surface area contributed by atoms with Gasteiger partial charge in [0.1, 0.15) is 0 Å². The van der Waals surface area contributed by atoms with Gasteiger partial charge in [-0.25, -0.2) is 0 Å². The molecule has 0 bridgehead atoms. The lowest BCUT2D eigenvalue weighted by atomic mass is 10.3. The highest BCUT2D eigenvalue weighted by Gasteiger charge is 2.10. The Bertz CT molecular complexity index is 192. The molecule has 0 unspecified atom stereocenters. The summed E-state index contributed by atoms with van der Waals surface area (Å²) in [5.74, 6) is -0.726. The Hall–Kier alpha value is -0.610. The maximum absolute atomic E-state index is 10.7. The van der Waals surface area contributed by atoms with Crippen molar-refractivity contribution in [3.63, 3.8) is 0 Å². The molecule has 1 N–H and O–H groups in total. The third-order valence-electron chi connectivity index (χ3n) is 2.71. The third kappa shape index (κ3) is 9.12. The van der Waals surface area contributed by atoms with Gasteiger partial charge in [0.25, 0.3) is 0 Å². The Morgan fingerprint density at radius 1 is 0.824 bits per heavy atom. The lowest BCUT2D eigenvalue weighted by Crippen LogP contribution is -2.38. The van der Waals surface area contributed by atoms with Crippen molar-refractivity contribution in [1.29, 1.82) is 0 Å². The highest BCUT2D eigenvalue weighted by atomic mass is 16.4. The number of hydrogen-bond acceptors (Lipinski definition) is 3. The van der Waals surface area contributed by atoms with E-state index in [1.807, 2.05) is 4.90 Å². The van der Waals surface area contributed by atoms with Gasteiger partial charge in [-0.05, 0) is 38.9 Å². The summed E-state index contributed by atoms with van der Waals surface area (Å²) in [6.07, 6.45) is 3.33. The molecule has 4 heteroatoms. The fourth-order valence-electron chi connectivity index (χ4n) is 2.03. The minimum Gasteiger partial charge on any atom is -0.480 e. The quantitative estimate of drug-likeness (QED) is 0.603. The van der Waals surface area contributed by atoms with Crippen LogP contribution >= 0.6 is 0 Å². The molecule has 0 aromatic rings. The first kappa shape index (κ1) is 16.4. The molecule has 0 radical (unpaired) electrons. The van der Waals surface area contributed by atoms with Crippen molar-refractivity contribution >= 4 is 5.97 Å². The predicted octanol–water partition coefficient (Wildman–Crippen LogP) is 1.91. The second-order valence-corrected chi connectivity index (χ2v) is 4.51. The Kier molecular flexibility index (Phi) is 10.2. The molecule has 0 amide bonds. The summed E-state index contributed by atoms with van der Waals surface area (Å²) in [6, 6.07) is 0. The van der Waals surface area contributed by atoms with E-state index in [9.17, 15) is 4.79 Å². The van der Waals surface area contributed by atoms with Crippen molar-refractivity contribution in [2.45, 2.75) is 40.0 Å². The lowest BCUT2D eigenvalue weighted by molar-refractivity contribution is -0.138. The van der Waals surface area contributed by atoms with Gasteiger partial charge in [-0.3, -0.25) is 9.69 Å². The fraction of sp³-hybridized carbons (Fsp3) is 0.923. The van der Waals surface area contributed by atoms with E-state index in [1.54, 1.807) is 0 Å². The Balaban J connectivity index is 4.00. The van der Waals surface area contributed by atoms with Gasteiger partial charge in [-0.1, -0.05) is 20.8 Å². The van der Waals surface area contributed by atoms with Crippen molar-refractivity contribution in [1.82, 2.24) is 9.80 Å². The molecule has 0 rings (SSSR count). The largest absolute Gasteiger partial charge is 0.480 e. The molecule has 0 heterocycles. The van der Waals surface area contributed by atoms with Crippen molar-refractivity contribution in [3.8, 4) is 0 Å². The Morgan fingerprint density at radius 3 is 1.65 bits per heavy atom. The first-order valence-electron chi connectivity index (χ1n) is 6.80. The molecule has 4 nitrogen and oxygen atoms in total. The highest BCUT2D eigenvalue weighted by molar-refractivity contribution is 5.69. The van der Waals surface area contributed by atoms with Gasteiger partial charge >= 0.3 is 5.97 Å². The highest BCUT2D eigenvalue weighted by Crippen LogP contribution is 1.97. The molecule has 0 saturated carbocycles. The summed E-state index contributed by atoms with van der Waals surface area (Å²) in [5, 5.41) is 8.83. The van der Waals surface area contributed by atoms with Gasteiger partial charge in [0.15, 0.2) is 0 Å². The number of aliphatic carboxylic acids is 1. The normalized spacial score (nSPS) is 11.4. The van der Waals surface area contributed by atoms with Crippen molar-refractivity contribution in [3.05, 3.63) is 0 Å². The zero-order valence-electron chi connectivity index (χ0n) is 11.6. The summed E-state index contributed by atoms with van der Waals surface area (Å²) in [5.41, 5.74) is 0. The van der Waals surface area contributed by atoms with Crippen molar-refractivity contribution in [2.24, 2.45) is 0 Å². The molecule has 0 aromatic carbocycles. The minimum absolute atomic E-state index is 0.167.